The fraction of sp³-hybridized carbons (Fsp3) is 0.111. The Morgan fingerprint density at radius 1 is 1.25 bits per heavy atom. The largest absolute Gasteiger partial charge is 0.439 e. The molecule has 1 aliphatic heterocycles. The van der Waals surface area contributed by atoms with E-state index < -0.39 is 6.23 Å². The quantitative estimate of drug-likeness (QED) is 0.461. The summed E-state index contributed by atoms with van der Waals surface area (Å²) in [6, 6.07) is 5.89. The van der Waals surface area contributed by atoms with E-state index in [0.29, 0.717) is 16.9 Å². The van der Waals surface area contributed by atoms with Crippen LogP contribution in [0.5, 0.6) is 0 Å². The van der Waals surface area contributed by atoms with Crippen molar-refractivity contribution >= 4 is 34.3 Å². The van der Waals surface area contributed by atoms with Crippen molar-refractivity contribution in [3.05, 3.63) is 59.9 Å². The highest BCUT2D eigenvalue weighted by molar-refractivity contribution is 6.31. The van der Waals surface area contributed by atoms with Crippen LogP contribution in [0.3, 0.4) is 0 Å². The Morgan fingerprint density at radius 3 is 3.00 bits per heavy atom. The van der Waals surface area contributed by atoms with Crippen LogP contribution in [0.1, 0.15) is 11.8 Å². The lowest BCUT2D eigenvalue weighted by atomic mass is 10.1. The number of hydrogen-bond acceptors (Lipinski definition) is 6. The number of amidine groups is 1. The third-order valence-corrected chi connectivity index (χ3v) is 4.68. The van der Waals surface area contributed by atoms with Gasteiger partial charge in [-0.15, -0.1) is 0 Å². The molecule has 4 aromatic rings. The highest BCUT2D eigenvalue weighted by Gasteiger charge is 2.26. The molecule has 3 N–H and O–H groups in total. The van der Waals surface area contributed by atoms with E-state index in [0.717, 1.165) is 27.7 Å². The normalized spacial score (nSPS) is 17.8. The van der Waals surface area contributed by atoms with Gasteiger partial charge in [0.25, 0.3) is 0 Å². The van der Waals surface area contributed by atoms with Crippen molar-refractivity contribution in [3.63, 3.8) is 0 Å². The van der Waals surface area contributed by atoms with E-state index in [1.54, 1.807) is 23.0 Å². The molecular formula is C18H15ClN8O. The van der Waals surface area contributed by atoms with Gasteiger partial charge in [-0.3, -0.25) is 10.1 Å². The van der Waals surface area contributed by atoms with Crippen molar-refractivity contribution < 1.29 is 4.74 Å². The van der Waals surface area contributed by atoms with Crippen LogP contribution in [0.4, 0.5) is 5.69 Å². The summed E-state index contributed by atoms with van der Waals surface area (Å²) in [5.74, 6) is 0. The van der Waals surface area contributed by atoms with Crippen molar-refractivity contribution in [2.24, 2.45) is 12.0 Å². The third kappa shape index (κ3) is 2.96. The first-order chi connectivity index (χ1) is 13.7. The van der Waals surface area contributed by atoms with E-state index >= 15 is 0 Å². The van der Waals surface area contributed by atoms with Gasteiger partial charge in [-0.25, -0.2) is 9.97 Å². The number of H-pyrrole nitrogens is 1. The lowest BCUT2D eigenvalue weighted by molar-refractivity contribution is 0.201. The Kier molecular flexibility index (Phi) is 3.96. The topological polar surface area (TPSA) is 105 Å². The molecule has 9 nitrogen and oxygen atoms in total. The molecule has 1 unspecified atom stereocenters. The minimum Gasteiger partial charge on any atom is -0.439 e. The summed E-state index contributed by atoms with van der Waals surface area (Å²) in [7, 11) is 1.88. The second-order valence-corrected chi connectivity index (χ2v) is 6.62. The van der Waals surface area contributed by atoms with E-state index in [4.69, 9.17) is 16.3 Å². The van der Waals surface area contributed by atoms with Gasteiger partial charge in [0, 0.05) is 53.9 Å². The number of hydrogen-bond donors (Lipinski definition) is 3. The summed E-state index contributed by atoms with van der Waals surface area (Å²) >= 11 is 6.05. The number of halogens is 1. The summed E-state index contributed by atoms with van der Waals surface area (Å²) in [5.41, 5.74) is 10.2. The summed E-state index contributed by atoms with van der Waals surface area (Å²) in [4.78, 5) is 16.0. The second kappa shape index (κ2) is 6.63. The number of rotatable bonds is 3. The Morgan fingerprint density at radius 2 is 2.18 bits per heavy atom. The van der Waals surface area contributed by atoms with Crippen LogP contribution >= 0.6 is 11.6 Å². The van der Waals surface area contributed by atoms with Gasteiger partial charge >= 0.3 is 6.02 Å². The number of aromatic nitrogens is 5. The van der Waals surface area contributed by atoms with Crippen LogP contribution < -0.4 is 10.9 Å². The van der Waals surface area contributed by atoms with Gasteiger partial charge in [-0.05, 0) is 18.2 Å². The van der Waals surface area contributed by atoms with Gasteiger partial charge in [0.05, 0.1) is 6.20 Å². The number of nitrogens with zero attached hydrogens (tertiary/aromatic N) is 5. The maximum atomic E-state index is 6.05. The number of ether oxygens (including phenoxy) is 1. The molecule has 4 aromatic heterocycles. The Bertz CT molecular complexity index is 1200. The predicted octanol–water partition coefficient (Wildman–Crippen LogP) is 2.82. The van der Waals surface area contributed by atoms with Gasteiger partial charge < -0.3 is 9.72 Å². The fourth-order valence-corrected chi connectivity index (χ4v) is 3.19. The number of fused-ring (bicyclic) bond motifs is 1. The molecule has 0 spiro atoms. The highest BCUT2D eigenvalue weighted by atomic mass is 35.5. The molecule has 0 aliphatic carbocycles. The highest BCUT2D eigenvalue weighted by Crippen LogP contribution is 2.30. The number of aliphatic imine (C=N–C) groups is 1. The Balaban J connectivity index is 1.46. The summed E-state index contributed by atoms with van der Waals surface area (Å²) < 4.78 is 7.66. The van der Waals surface area contributed by atoms with Gasteiger partial charge in [-0.2, -0.15) is 15.5 Å². The van der Waals surface area contributed by atoms with Gasteiger partial charge in [0.2, 0.25) is 0 Å². The minimum atomic E-state index is -0.436. The molecule has 0 saturated carbocycles. The van der Waals surface area contributed by atoms with Gasteiger partial charge in [0.1, 0.15) is 11.3 Å². The van der Waals surface area contributed by atoms with Crippen molar-refractivity contribution in [1.29, 1.82) is 0 Å². The van der Waals surface area contributed by atoms with E-state index in [2.05, 4.69) is 42.0 Å². The lowest BCUT2D eigenvalue weighted by Gasteiger charge is -2.07. The number of aryl methyl sites for hydroxylation is 1. The van der Waals surface area contributed by atoms with Crippen LogP contribution in [-0.4, -0.2) is 30.8 Å². The van der Waals surface area contributed by atoms with E-state index in [1.807, 2.05) is 31.8 Å². The van der Waals surface area contributed by atoms with E-state index in [-0.39, 0.29) is 0 Å². The molecule has 1 aliphatic rings. The Hall–Kier alpha value is -3.43. The number of aromatic amines is 1. The maximum Gasteiger partial charge on any atom is 0.306 e. The number of nitrogens with one attached hydrogen (secondary N) is 3. The van der Waals surface area contributed by atoms with Crippen molar-refractivity contribution in [1.82, 2.24) is 35.6 Å². The summed E-state index contributed by atoms with van der Waals surface area (Å²) in [5, 5.41) is 5.47. The van der Waals surface area contributed by atoms with Crippen LogP contribution in [0.15, 0.2) is 54.2 Å². The first-order valence-electron chi connectivity index (χ1n) is 8.51. The molecule has 5 heterocycles. The molecule has 10 heteroatoms. The lowest BCUT2D eigenvalue weighted by Crippen LogP contribution is -2.27. The average molecular weight is 395 g/mol. The molecule has 28 heavy (non-hydrogen) atoms. The molecule has 1 saturated heterocycles. The first-order valence-corrected chi connectivity index (χ1v) is 8.88. The van der Waals surface area contributed by atoms with Crippen molar-refractivity contribution in [2.75, 3.05) is 0 Å². The molecule has 1 fully saturated rings. The number of pyridine rings is 2. The summed E-state index contributed by atoms with van der Waals surface area (Å²) in [6.07, 6.45) is 8.61. The standard InChI is InChI=1S/C18H15ClN8O/c1-27-9-11(7-23-27)10-5-12-13(8-22-16(12)21-6-10)17-25-26-18(28-17)24-14-3-2-4-20-15(14)19/h2-9,17,25H,1H3,(H,21,22)(H,24,26). The zero-order chi connectivity index (χ0) is 19.1. The molecule has 1 atom stereocenters. The molecule has 0 bridgehead atoms. The molecule has 140 valence electrons. The van der Waals surface area contributed by atoms with Crippen LogP contribution in [0.25, 0.3) is 22.2 Å². The monoisotopic (exact) mass is 394 g/mol. The van der Waals surface area contributed by atoms with Crippen molar-refractivity contribution in [2.45, 2.75) is 6.23 Å². The third-order valence-electron chi connectivity index (χ3n) is 4.38. The van der Waals surface area contributed by atoms with Crippen LogP contribution in [0.2, 0.25) is 5.15 Å². The summed E-state index contributed by atoms with van der Waals surface area (Å²) in [6.45, 7) is 0. The predicted molar refractivity (Wildman–Crippen MR) is 105 cm³/mol. The van der Waals surface area contributed by atoms with E-state index in [1.165, 1.54) is 0 Å². The van der Waals surface area contributed by atoms with Gasteiger partial charge in [0.15, 0.2) is 11.4 Å². The van der Waals surface area contributed by atoms with E-state index in [9.17, 15) is 0 Å². The Labute approximate surface area is 164 Å². The molecule has 0 aromatic carbocycles. The first kappa shape index (κ1) is 16.7. The second-order valence-electron chi connectivity index (χ2n) is 6.26. The number of hydrazine groups is 1. The van der Waals surface area contributed by atoms with Crippen LogP contribution in [0, 0.1) is 0 Å². The fourth-order valence-electron chi connectivity index (χ4n) is 3.03. The molecule has 0 amide bonds. The molecular weight excluding hydrogens is 380 g/mol. The smallest absolute Gasteiger partial charge is 0.306 e. The SMILES string of the molecule is Cn1cc(-c2cnc3[nH]cc(C4NNC(=Nc5cccnc5Cl)O4)c3c2)cn1. The molecule has 5 rings (SSSR count). The molecule has 0 radical (unpaired) electrons. The average Bonchev–Trinajstić information content (AvgIpc) is 3.42. The zero-order valence-electron chi connectivity index (χ0n) is 14.7. The minimum absolute atomic E-state index is 0.307. The van der Waals surface area contributed by atoms with Gasteiger partial charge in [-0.1, -0.05) is 11.6 Å². The zero-order valence-corrected chi connectivity index (χ0v) is 15.5. The van der Waals surface area contributed by atoms with Crippen LogP contribution in [-0.2, 0) is 11.8 Å². The van der Waals surface area contributed by atoms with Crippen molar-refractivity contribution in [3.8, 4) is 11.1 Å². The maximum absolute atomic E-state index is 6.05.